The third kappa shape index (κ3) is 3.39. The van der Waals surface area contributed by atoms with Crippen molar-refractivity contribution in [2.45, 2.75) is 0 Å². The lowest BCUT2D eigenvalue weighted by Crippen LogP contribution is -2.27. The molecule has 1 aliphatic heterocycles. The summed E-state index contributed by atoms with van der Waals surface area (Å²) in [5.41, 5.74) is 1.75. The number of rotatable bonds is 3. The van der Waals surface area contributed by atoms with Crippen LogP contribution in [0.15, 0.2) is 64.1 Å². The molecule has 5 nitrogen and oxygen atoms in total. The SMILES string of the molecule is O=C(NC1=NCCS1)c1ccccc1-c1ncc(-c2ccc(F)cc2)o1. The first-order valence-corrected chi connectivity index (χ1v) is 8.99. The minimum absolute atomic E-state index is 0.254. The zero-order valence-corrected chi connectivity index (χ0v) is 14.4. The van der Waals surface area contributed by atoms with Crippen molar-refractivity contribution >= 4 is 22.8 Å². The maximum atomic E-state index is 13.1. The molecule has 7 heteroatoms. The molecule has 4 rings (SSSR count). The van der Waals surface area contributed by atoms with Gasteiger partial charge < -0.3 is 9.73 Å². The summed E-state index contributed by atoms with van der Waals surface area (Å²) >= 11 is 1.52. The molecule has 0 radical (unpaired) electrons. The van der Waals surface area contributed by atoms with Gasteiger partial charge in [0.15, 0.2) is 10.9 Å². The molecule has 1 amide bonds. The van der Waals surface area contributed by atoms with E-state index in [1.807, 2.05) is 6.07 Å². The summed E-state index contributed by atoms with van der Waals surface area (Å²) in [6.07, 6.45) is 1.56. The summed E-state index contributed by atoms with van der Waals surface area (Å²) in [6.45, 7) is 0.711. The van der Waals surface area contributed by atoms with Gasteiger partial charge in [0.1, 0.15) is 5.82 Å². The summed E-state index contributed by atoms with van der Waals surface area (Å²) in [4.78, 5) is 21.1. The van der Waals surface area contributed by atoms with Crippen LogP contribution < -0.4 is 5.32 Å². The molecule has 0 fully saturated rings. The van der Waals surface area contributed by atoms with Gasteiger partial charge in [0.05, 0.1) is 18.3 Å². The maximum absolute atomic E-state index is 13.1. The second-order valence-electron chi connectivity index (χ2n) is 5.57. The van der Waals surface area contributed by atoms with Crippen LogP contribution in [-0.2, 0) is 0 Å². The number of thioether (sulfide) groups is 1. The standard InChI is InChI=1S/C19H14FN3O2S/c20-13-7-5-12(6-8-13)16-11-22-18(25-16)15-4-2-1-3-14(15)17(24)23-19-21-9-10-26-19/h1-8,11H,9-10H2,(H,21,23,24). The van der Waals surface area contributed by atoms with Crippen molar-refractivity contribution in [2.24, 2.45) is 4.99 Å². The molecule has 1 aliphatic rings. The number of amides is 1. The average molecular weight is 367 g/mol. The largest absolute Gasteiger partial charge is 0.436 e. The summed E-state index contributed by atoms with van der Waals surface area (Å²) < 4.78 is 18.9. The topological polar surface area (TPSA) is 67.5 Å². The van der Waals surface area contributed by atoms with E-state index in [0.717, 1.165) is 5.75 Å². The molecule has 2 aromatic carbocycles. The first-order valence-electron chi connectivity index (χ1n) is 8.00. The highest BCUT2D eigenvalue weighted by molar-refractivity contribution is 8.14. The molecule has 0 saturated carbocycles. The molecule has 0 aliphatic carbocycles. The lowest BCUT2D eigenvalue weighted by Gasteiger charge is -2.07. The fourth-order valence-electron chi connectivity index (χ4n) is 2.59. The van der Waals surface area contributed by atoms with Crippen molar-refractivity contribution < 1.29 is 13.6 Å². The predicted octanol–water partition coefficient (Wildman–Crippen LogP) is 3.98. The number of nitrogens with one attached hydrogen (secondary N) is 1. The Bertz CT molecular complexity index is 982. The van der Waals surface area contributed by atoms with E-state index in [-0.39, 0.29) is 11.7 Å². The predicted molar refractivity (Wildman–Crippen MR) is 99.6 cm³/mol. The van der Waals surface area contributed by atoms with Crippen molar-refractivity contribution in [3.8, 4) is 22.8 Å². The summed E-state index contributed by atoms with van der Waals surface area (Å²) in [6, 6.07) is 13.0. The highest BCUT2D eigenvalue weighted by Crippen LogP contribution is 2.28. The van der Waals surface area contributed by atoms with E-state index in [4.69, 9.17) is 4.42 Å². The van der Waals surface area contributed by atoms with Crippen LogP contribution in [0.1, 0.15) is 10.4 Å². The van der Waals surface area contributed by atoms with Gasteiger partial charge in [-0.15, -0.1) is 0 Å². The van der Waals surface area contributed by atoms with Gasteiger partial charge in [-0.25, -0.2) is 9.37 Å². The number of nitrogens with zero attached hydrogens (tertiary/aromatic N) is 2. The summed E-state index contributed by atoms with van der Waals surface area (Å²) in [7, 11) is 0. The highest BCUT2D eigenvalue weighted by atomic mass is 32.2. The van der Waals surface area contributed by atoms with Crippen LogP contribution in [0.2, 0.25) is 0 Å². The van der Waals surface area contributed by atoms with Gasteiger partial charge >= 0.3 is 0 Å². The fraction of sp³-hybridized carbons (Fsp3) is 0.105. The number of amidine groups is 1. The number of hydrogen-bond donors (Lipinski definition) is 1. The molecule has 1 aromatic heterocycles. The molecule has 0 spiro atoms. The molecule has 0 bridgehead atoms. The molecule has 1 N–H and O–H groups in total. The van der Waals surface area contributed by atoms with Gasteiger partial charge in [0, 0.05) is 16.9 Å². The smallest absolute Gasteiger partial charge is 0.258 e. The number of carbonyl (C=O) groups excluding carboxylic acids is 1. The number of oxazole rings is 1. The Balaban J connectivity index is 1.64. The second-order valence-corrected chi connectivity index (χ2v) is 6.66. The second kappa shape index (κ2) is 7.13. The number of aliphatic imine (C=N–C) groups is 1. The number of hydrogen-bond acceptors (Lipinski definition) is 5. The Morgan fingerprint density at radius 3 is 2.73 bits per heavy atom. The third-order valence-corrected chi connectivity index (χ3v) is 4.73. The lowest BCUT2D eigenvalue weighted by molar-refractivity contribution is 0.0978. The number of halogens is 1. The molecular formula is C19H14FN3O2S. The van der Waals surface area contributed by atoms with Gasteiger partial charge in [-0.1, -0.05) is 23.9 Å². The molecule has 0 atom stereocenters. The fourth-order valence-corrected chi connectivity index (χ4v) is 3.31. The Kier molecular flexibility index (Phi) is 4.53. The Morgan fingerprint density at radius 2 is 1.96 bits per heavy atom. The van der Waals surface area contributed by atoms with Crippen LogP contribution in [-0.4, -0.2) is 28.4 Å². The van der Waals surface area contributed by atoms with E-state index >= 15 is 0 Å². The van der Waals surface area contributed by atoms with E-state index in [0.29, 0.717) is 40.1 Å². The summed E-state index contributed by atoms with van der Waals surface area (Å²) in [5, 5.41) is 3.44. The maximum Gasteiger partial charge on any atom is 0.258 e. The van der Waals surface area contributed by atoms with Crippen molar-refractivity contribution in [1.29, 1.82) is 0 Å². The van der Waals surface area contributed by atoms with Crippen LogP contribution in [0.4, 0.5) is 4.39 Å². The number of benzene rings is 2. The monoisotopic (exact) mass is 367 g/mol. The van der Waals surface area contributed by atoms with Crippen molar-refractivity contribution in [2.75, 3.05) is 12.3 Å². The van der Waals surface area contributed by atoms with Crippen molar-refractivity contribution in [3.05, 3.63) is 66.1 Å². The highest BCUT2D eigenvalue weighted by Gasteiger charge is 2.19. The Labute approximate surface area is 153 Å². The van der Waals surface area contributed by atoms with Gasteiger partial charge in [0.25, 0.3) is 5.91 Å². The van der Waals surface area contributed by atoms with Crippen LogP contribution >= 0.6 is 11.8 Å². The van der Waals surface area contributed by atoms with E-state index in [1.165, 1.54) is 23.9 Å². The molecule has 0 unspecified atom stereocenters. The molecular weight excluding hydrogens is 353 g/mol. The minimum Gasteiger partial charge on any atom is -0.436 e. The minimum atomic E-state index is -0.316. The molecule has 3 aromatic rings. The van der Waals surface area contributed by atoms with E-state index in [9.17, 15) is 9.18 Å². The van der Waals surface area contributed by atoms with Crippen molar-refractivity contribution in [3.63, 3.8) is 0 Å². The van der Waals surface area contributed by atoms with Crippen LogP contribution in [0.5, 0.6) is 0 Å². The van der Waals surface area contributed by atoms with Gasteiger partial charge in [-0.05, 0) is 36.4 Å². The summed E-state index contributed by atoms with van der Waals surface area (Å²) in [5.74, 6) is 1.14. The Hall–Kier alpha value is -2.93. The van der Waals surface area contributed by atoms with Gasteiger partial charge in [0.2, 0.25) is 5.89 Å². The lowest BCUT2D eigenvalue weighted by atomic mass is 10.1. The molecule has 2 heterocycles. The zero-order chi connectivity index (χ0) is 17.9. The number of aromatic nitrogens is 1. The Morgan fingerprint density at radius 1 is 1.15 bits per heavy atom. The quantitative estimate of drug-likeness (QED) is 0.760. The van der Waals surface area contributed by atoms with E-state index in [1.54, 1.807) is 36.5 Å². The first-order chi connectivity index (χ1) is 12.7. The third-order valence-electron chi connectivity index (χ3n) is 3.84. The van der Waals surface area contributed by atoms with Gasteiger partial charge in [-0.3, -0.25) is 9.79 Å². The van der Waals surface area contributed by atoms with Crippen LogP contribution in [0, 0.1) is 5.82 Å². The van der Waals surface area contributed by atoms with E-state index < -0.39 is 0 Å². The van der Waals surface area contributed by atoms with Crippen LogP contribution in [0.3, 0.4) is 0 Å². The first kappa shape index (κ1) is 16.5. The average Bonchev–Trinajstić information content (AvgIpc) is 3.34. The molecule has 0 saturated heterocycles. The van der Waals surface area contributed by atoms with Gasteiger partial charge in [-0.2, -0.15) is 0 Å². The number of carbonyl (C=O) groups is 1. The van der Waals surface area contributed by atoms with Crippen LogP contribution in [0.25, 0.3) is 22.8 Å². The molecule has 26 heavy (non-hydrogen) atoms. The van der Waals surface area contributed by atoms with E-state index in [2.05, 4.69) is 15.3 Å². The normalized spacial score (nSPS) is 13.5. The van der Waals surface area contributed by atoms with Crippen molar-refractivity contribution in [1.82, 2.24) is 10.3 Å². The molecule has 130 valence electrons. The zero-order valence-electron chi connectivity index (χ0n) is 13.6.